The first-order chi connectivity index (χ1) is 13.3. The molecule has 3 heterocycles. The van der Waals surface area contributed by atoms with Gasteiger partial charge in [0.1, 0.15) is 11.1 Å². The first-order valence-electron chi connectivity index (χ1n) is 10.3. The Bertz CT molecular complexity index is 983. The van der Waals surface area contributed by atoms with Crippen molar-refractivity contribution in [1.82, 2.24) is 9.71 Å². The van der Waals surface area contributed by atoms with E-state index in [-0.39, 0.29) is 10.8 Å². The molecule has 4 nitrogen and oxygen atoms in total. The number of nitrogens with zero attached hydrogens (tertiary/aromatic N) is 2. The van der Waals surface area contributed by atoms with Crippen LogP contribution in [0.1, 0.15) is 64.1 Å². The summed E-state index contributed by atoms with van der Waals surface area (Å²) in [4.78, 5) is 7.16. The molecule has 0 bridgehead atoms. The minimum atomic E-state index is 0.161. The molecule has 1 saturated heterocycles. The van der Waals surface area contributed by atoms with Crippen LogP contribution in [0, 0.1) is 6.92 Å². The average Bonchev–Trinajstić information content (AvgIpc) is 3.04. The minimum Gasteiger partial charge on any atom is -0.452 e. The van der Waals surface area contributed by atoms with Crippen molar-refractivity contribution in [1.29, 1.82) is 0 Å². The highest BCUT2D eigenvalue weighted by atomic mass is 32.2. The Balaban J connectivity index is 1.81. The van der Waals surface area contributed by atoms with Crippen molar-refractivity contribution >= 4 is 39.7 Å². The molecule has 0 aliphatic carbocycles. The van der Waals surface area contributed by atoms with Crippen LogP contribution in [-0.2, 0) is 0 Å². The molecule has 1 unspecified atom stereocenters. The van der Waals surface area contributed by atoms with Crippen molar-refractivity contribution in [3.63, 3.8) is 0 Å². The molecular formula is C23H31N3OS. The van der Waals surface area contributed by atoms with E-state index in [9.17, 15) is 0 Å². The smallest absolute Gasteiger partial charge is 0.177 e. The third kappa shape index (κ3) is 3.87. The number of rotatable bonds is 4. The van der Waals surface area contributed by atoms with Gasteiger partial charge >= 0.3 is 0 Å². The zero-order valence-electron chi connectivity index (χ0n) is 17.6. The number of hydrogen-bond donors (Lipinski definition) is 1. The SMILES string of the molecule is Cc1cc(C(C)NSC(C)(C)C)c2oc3c(N4CCCCC4)ccnc3c2c1. The fourth-order valence-corrected chi connectivity index (χ4v) is 4.61. The maximum absolute atomic E-state index is 6.52. The molecule has 3 aromatic rings. The fourth-order valence-electron chi connectivity index (χ4n) is 3.96. The van der Waals surface area contributed by atoms with Gasteiger partial charge < -0.3 is 9.32 Å². The quantitative estimate of drug-likeness (QED) is 0.518. The molecule has 0 spiro atoms. The van der Waals surface area contributed by atoms with Crippen molar-refractivity contribution < 1.29 is 4.42 Å². The van der Waals surface area contributed by atoms with E-state index in [0.717, 1.165) is 35.2 Å². The molecular weight excluding hydrogens is 366 g/mol. The Hall–Kier alpha value is -1.72. The Morgan fingerprint density at radius 1 is 1.14 bits per heavy atom. The van der Waals surface area contributed by atoms with E-state index in [2.05, 4.69) is 62.4 Å². The topological polar surface area (TPSA) is 41.3 Å². The highest BCUT2D eigenvalue weighted by Gasteiger charge is 2.22. The molecule has 0 saturated carbocycles. The van der Waals surface area contributed by atoms with Gasteiger partial charge in [-0.25, -0.2) is 0 Å². The van der Waals surface area contributed by atoms with E-state index in [0.29, 0.717) is 0 Å². The monoisotopic (exact) mass is 397 g/mol. The Labute approximate surface area is 172 Å². The van der Waals surface area contributed by atoms with Crippen LogP contribution in [0.15, 0.2) is 28.8 Å². The van der Waals surface area contributed by atoms with Crippen molar-refractivity contribution in [2.75, 3.05) is 18.0 Å². The van der Waals surface area contributed by atoms with E-state index >= 15 is 0 Å². The van der Waals surface area contributed by atoms with Crippen LogP contribution in [0.2, 0.25) is 0 Å². The molecule has 150 valence electrons. The summed E-state index contributed by atoms with van der Waals surface area (Å²) >= 11 is 1.77. The Morgan fingerprint density at radius 3 is 2.61 bits per heavy atom. The third-order valence-corrected chi connectivity index (χ3v) is 6.39. The lowest BCUT2D eigenvalue weighted by molar-refractivity contribution is 0.573. The molecule has 1 aliphatic rings. The number of piperidine rings is 1. The fraction of sp³-hybridized carbons (Fsp3) is 0.522. The van der Waals surface area contributed by atoms with Crippen LogP contribution < -0.4 is 9.62 Å². The van der Waals surface area contributed by atoms with E-state index in [1.165, 1.54) is 36.1 Å². The molecule has 2 aromatic heterocycles. The van der Waals surface area contributed by atoms with Crippen molar-refractivity contribution in [3.8, 4) is 0 Å². The minimum absolute atomic E-state index is 0.161. The molecule has 1 aliphatic heterocycles. The van der Waals surface area contributed by atoms with Crippen molar-refractivity contribution in [2.45, 2.75) is 64.7 Å². The number of nitrogens with one attached hydrogen (secondary N) is 1. The van der Waals surface area contributed by atoms with Crippen LogP contribution in [0.3, 0.4) is 0 Å². The largest absolute Gasteiger partial charge is 0.452 e. The summed E-state index contributed by atoms with van der Waals surface area (Å²) in [6, 6.07) is 6.75. The summed E-state index contributed by atoms with van der Waals surface area (Å²) < 4.78 is 10.3. The van der Waals surface area contributed by atoms with Crippen LogP contribution in [0.25, 0.3) is 22.1 Å². The lowest BCUT2D eigenvalue weighted by Crippen LogP contribution is -2.29. The van der Waals surface area contributed by atoms with Gasteiger partial charge in [0, 0.05) is 41.0 Å². The summed E-state index contributed by atoms with van der Waals surface area (Å²) in [5.41, 5.74) is 6.51. The van der Waals surface area contributed by atoms with Gasteiger partial charge in [0.05, 0.1) is 5.69 Å². The molecule has 1 atom stereocenters. The van der Waals surface area contributed by atoms with E-state index in [4.69, 9.17) is 9.40 Å². The number of pyridine rings is 1. The Morgan fingerprint density at radius 2 is 1.89 bits per heavy atom. The second-order valence-electron chi connectivity index (χ2n) is 8.94. The molecule has 28 heavy (non-hydrogen) atoms. The first kappa shape index (κ1) is 19.6. The van der Waals surface area contributed by atoms with Gasteiger partial charge in [0.25, 0.3) is 0 Å². The summed E-state index contributed by atoms with van der Waals surface area (Å²) in [7, 11) is 0. The van der Waals surface area contributed by atoms with Gasteiger partial charge in [0.15, 0.2) is 5.58 Å². The predicted octanol–water partition coefficient (Wildman–Crippen LogP) is 6.38. The number of aromatic nitrogens is 1. The second-order valence-corrected chi connectivity index (χ2v) is 10.6. The molecule has 0 amide bonds. The maximum atomic E-state index is 6.52. The second kappa shape index (κ2) is 7.60. The summed E-state index contributed by atoms with van der Waals surface area (Å²) in [5, 5.41) is 1.12. The van der Waals surface area contributed by atoms with Gasteiger partial charge in [-0.1, -0.05) is 18.0 Å². The normalized spacial score (nSPS) is 16.8. The lowest BCUT2D eigenvalue weighted by Gasteiger charge is -2.28. The lowest BCUT2D eigenvalue weighted by atomic mass is 10.0. The summed E-state index contributed by atoms with van der Waals surface area (Å²) in [6.07, 6.45) is 5.75. The third-order valence-electron chi connectivity index (χ3n) is 5.31. The van der Waals surface area contributed by atoms with Crippen LogP contribution in [0.5, 0.6) is 0 Å². The van der Waals surface area contributed by atoms with Crippen LogP contribution in [0.4, 0.5) is 5.69 Å². The zero-order valence-corrected chi connectivity index (χ0v) is 18.4. The summed E-state index contributed by atoms with van der Waals surface area (Å²) in [5.74, 6) is 0. The number of hydrogen-bond acceptors (Lipinski definition) is 5. The first-order valence-corrected chi connectivity index (χ1v) is 11.2. The number of fused-ring (bicyclic) bond motifs is 3. The van der Waals surface area contributed by atoms with Crippen molar-refractivity contribution in [2.24, 2.45) is 0 Å². The van der Waals surface area contributed by atoms with Gasteiger partial charge in [-0.3, -0.25) is 9.71 Å². The Kier molecular flexibility index (Phi) is 5.32. The summed E-state index contributed by atoms with van der Waals surface area (Å²) in [6.45, 7) is 13.2. The zero-order chi connectivity index (χ0) is 19.9. The van der Waals surface area contributed by atoms with E-state index < -0.39 is 0 Å². The number of aryl methyl sites for hydroxylation is 1. The van der Waals surface area contributed by atoms with Gasteiger partial charge in [-0.2, -0.15) is 0 Å². The van der Waals surface area contributed by atoms with E-state index in [1.54, 1.807) is 11.9 Å². The molecule has 1 N–H and O–H groups in total. The highest BCUT2D eigenvalue weighted by molar-refractivity contribution is 7.98. The van der Waals surface area contributed by atoms with Gasteiger partial charge in [-0.05, 0) is 71.6 Å². The highest BCUT2D eigenvalue weighted by Crippen LogP contribution is 2.38. The molecule has 5 heteroatoms. The number of furan rings is 1. The molecule has 0 radical (unpaired) electrons. The maximum Gasteiger partial charge on any atom is 0.177 e. The number of anilines is 1. The van der Waals surface area contributed by atoms with Crippen molar-refractivity contribution in [3.05, 3.63) is 35.5 Å². The van der Waals surface area contributed by atoms with Crippen LogP contribution >= 0.6 is 11.9 Å². The standard InChI is InChI=1S/C23H31N3OS/c1-15-13-17(16(2)25-28-23(3,4)5)21-18(14-15)20-22(27-21)19(9-10-24-20)26-11-7-6-8-12-26/h9-10,13-14,16,25H,6-8,11-12H2,1-5H3. The van der Waals surface area contributed by atoms with Gasteiger partial charge in [0.2, 0.25) is 0 Å². The van der Waals surface area contributed by atoms with Crippen LogP contribution in [-0.4, -0.2) is 22.8 Å². The van der Waals surface area contributed by atoms with Gasteiger partial charge in [-0.15, -0.1) is 0 Å². The molecule has 1 aromatic carbocycles. The van der Waals surface area contributed by atoms with E-state index in [1.807, 2.05) is 6.20 Å². The molecule has 4 rings (SSSR count). The number of benzene rings is 1. The predicted molar refractivity (Wildman–Crippen MR) is 121 cm³/mol. The molecule has 1 fully saturated rings. The average molecular weight is 398 g/mol.